The van der Waals surface area contributed by atoms with Crippen LogP contribution in [0.15, 0.2) is 59.4 Å². The molecule has 6 heteroatoms. The topological polar surface area (TPSA) is 90.0 Å². The molecule has 0 aliphatic carbocycles. The monoisotopic (exact) mass is 308 g/mol. The second-order valence-corrected chi connectivity index (χ2v) is 5.16. The average molecular weight is 308 g/mol. The number of carbonyl (C=O) groups excluding carboxylic acids is 1. The summed E-state index contributed by atoms with van der Waals surface area (Å²) in [5.74, 6) is 5.76. The molecule has 2 aromatic carbocycles. The highest BCUT2D eigenvalue weighted by Crippen LogP contribution is 2.07. The minimum Gasteiger partial charge on any atom is -0.352 e. The number of benzene rings is 2. The van der Waals surface area contributed by atoms with E-state index in [0.717, 1.165) is 10.2 Å². The van der Waals surface area contributed by atoms with Gasteiger partial charge in [-0.25, -0.2) is 9.66 Å². The van der Waals surface area contributed by atoms with E-state index >= 15 is 0 Å². The van der Waals surface area contributed by atoms with Gasteiger partial charge in [-0.3, -0.25) is 9.59 Å². The number of fused-ring (bicyclic) bond motifs is 1. The molecule has 0 bridgehead atoms. The molecule has 0 atom stereocenters. The Morgan fingerprint density at radius 1 is 1.09 bits per heavy atom. The van der Waals surface area contributed by atoms with Crippen LogP contribution in [-0.2, 0) is 17.8 Å². The van der Waals surface area contributed by atoms with E-state index in [0.29, 0.717) is 17.4 Å². The average Bonchev–Trinajstić information content (AvgIpc) is 2.58. The highest BCUT2D eigenvalue weighted by atomic mass is 16.2. The van der Waals surface area contributed by atoms with Crippen LogP contribution >= 0.6 is 0 Å². The minimum atomic E-state index is -0.360. The van der Waals surface area contributed by atoms with Crippen LogP contribution in [0.5, 0.6) is 0 Å². The molecule has 0 fully saturated rings. The Balaban J connectivity index is 1.77. The summed E-state index contributed by atoms with van der Waals surface area (Å²) >= 11 is 0. The minimum absolute atomic E-state index is 0.0522. The zero-order chi connectivity index (χ0) is 16.2. The molecule has 0 spiro atoms. The Kier molecular flexibility index (Phi) is 4.05. The van der Waals surface area contributed by atoms with Gasteiger partial charge in [0.05, 0.1) is 17.3 Å². The van der Waals surface area contributed by atoms with Gasteiger partial charge in [-0.05, 0) is 17.7 Å². The molecule has 1 aromatic heterocycles. The van der Waals surface area contributed by atoms with Gasteiger partial charge in [0.1, 0.15) is 5.82 Å². The van der Waals surface area contributed by atoms with Crippen molar-refractivity contribution in [2.24, 2.45) is 0 Å². The number of hydrogen-bond donors (Lipinski definition) is 2. The van der Waals surface area contributed by atoms with Gasteiger partial charge in [0, 0.05) is 6.54 Å². The number of nitrogens with two attached hydrogens (primary N) is 1. The van der Waals surface area contributed by atoms with E-state index < -0.39 is 0 Å². The van der Waals surface area contributed by atoms with Crippen LogP contribution < -0.4 is 16.7 Å². The number of hydrogen-bond acceptors (Lipinski definition) is 4. The lowest BCUT2D eigenvalue weighted by Crippen LogP contribution is -2.35. The van der Waals surface area contributed by atoms with Crippen LogP contribution in [0.1, 0.15) is 11.4 Å². The highest BCUT2D eigenvalue weighted by molar-refractivity contribution is 5.80. The Hall–Kier alpha value is -3.15. The van der Waals surface area contributed by atoms with Gasteiger partial charge in [-0.15, -0.1) is 0 Å². The van der Waals surface area contributed by atoms with Crippen LogP contribution in [0.4, 0.5) is 0 Å². The summed E-state index contributed by atoms with van der Waals surface area (Å²) in [5, 5.41) is 3.23. The predicted octanol–water partition coefficient (Wildman–Crippen LogP) is 0.969. The maximum Gasteiger partial charge on any atom is 0.279 e. The lowest BCUT2D eigenvalue weighted by molar-refractivity contribution is -0.120. The molecule has 6 nitrogen and oxygen atoms in total. The Morgan fingerprint density at radius 2 is 1.78 bits per heavy atom. The van der Waals surface area contributed by atoms with Crippen molar-refractivity contribution in [2.45, 2.75) is 13.0 Å². The fourth-order valence-corrected chi connectivity index (χ4v) is 2.32. The molecule has 0 aliphatic rings. The summed E-state index contributed by atoms with van der Waals surface area (Å²) in [6.07, 6.45) is -0.0522. The smallest absolute Gasteiger partial charge is 0.279 e. The molecule has 0 saturated heterocycles. The van der Waals surface area contributed by atoms with Gasteiger partial charge in [-0.1, -0.05) is 42.5 Å². The summed E-state index contributed by atoms with van der Waals surface area (Å²) in [6.45, 7) is 0.419. The van der Waals surface area contributed by atoms with E-state index in [4.69, 9.17) is 5.84 Å². The third kappa shape index (κ3) is 3.21. The van der Waals surface area contributed by atoms with Crippen LogP contribution in [0, 0.1) is 0 Å². The number of nitrogens with one attached hydrogen (secondary N) is 1. The van der Waals surface area contributed by atoms with Gasteiger partial charge in [0.25, 0.3) is 5.56 Å². The lowest BCUT2D eigenvalue weighted by Gasteiger charge is -2.09. The van der Waals surface area contributed by atoms with Gasteiger partial charge in [0.15, 0.2) is 0 Å². The molecule has 0 unspecified atom stereocenters. The zero-order valence-corrected chi connectivity index (χ0v) is 12.4. The number of rotatable bonds is 4. The quantitative estimate of drug-likeness (QED) is 0.703. The van der Waals surface area contributed by atoms with Crippen molar-refractivity contribution < 1.29 is 4.79 Å². The first-order valence-electron chi connectivity index (χ1n) is 7.21. The van der Waals surface area contributed by atoms with Crippen LogP contribution in [0.2, 0.25) is 0 Å². The summed E-state index contributed by atoms with van der Waals surface area (Å²) in [5.41, 5.74) is 1.17. The molecule has 0 aliphatic heterocycles. The number of amides is 1. The summed E-state index contributed by atoms with van der Waals surface area (Å²) < 4.78 is 0.935. The SMILES string of the molecule is Nn1c(CC(=O)NCc2ccccc2)nc2ccccc2c1=O. The summed E-state index contributed by atoms with van der Waals surface area (Å²) in [4.78, 5) is 28.5. The summed E-state index contributed by atoms with van der Waals surface area (Å²) in [6, 6.07) is 16.5. The number of nitrogen functional groups attached to an aromatic ring is 1. The Morgan fingerprint density at radius 3 is 2.57 bits per heavy atom. The molecule has 0 radical (unpaired) electrons. The summed E-state index contributed by atoms with van der Waals surface area (Å²) in [7, 11) is 0. The number of para-hydroxylation sites is 1. The molecule has 3 N–H and O–H groups in total. The van der Waals surface area contributed by atoms with E-state index in [1.54, 1.807) is 24.3 Å². The van der Waals surface area contributed by atoms with Crippen molar-refractivity contribution in [3.05, 3.63) is 76.3 Å². The fourth-order valence-electron chi connectivity index (χ4n) is 2.32. The molecule has 116 valence electrons. The number of aromatic nitrogens is 2. The number of carbonyl (C=O) groups is 1. The van der Waals surface area contributed by atoms with Crippen molar-refractivity contribution >= 4 is 16.8 Å². The zero-order valence-electron chi connectivity index (χ0n) is 12.4. The molecule has 3 aromatic rings. The molecule has 1 heterocycles. The molecule has 23 heavy (non-hydrogen) atoms. The normalized spacial score (nSPS) is 10.6. The van der Waals surface area contributed by atoms with E-state index in [2.05, 4.69) is 10.3 Å². The van der Waals surface area contributed by atoms with E-state index in [-0.39, 0.29) is 23.7 Å². The Labute approximate surface area is 132 Å². The first kappa shape index (κ1) is 14.8. The van der Waals surface area contributed by atoms with E-state index in [9.17, 15) is 9.59 Å². The van der Waals surface area contributed by atoms with E-state index in [1.807, 2.05) is 30.3 Å². The molecule has 3 rings (SSSR count). The van der Waals surface area contributed by atoms with Crippen molar-refractivity contribution in [3.63, 3.8) is 0 Å². The van der Waals surface area contributed by atoms with Crippen molar-refractivity contribution in [1.82, 2.24) is 15.0 Å². The van der Waals surface area contributed by atoms with Crippen LogP contribution in [0.25, 0.3) is 10.9 Å². The highest BCUT2D eigenvalue weighted by Gasteiger charge is 2.12. The molecule has 0 saturated carbocycles. The lowest BCUT2D eigenvalue weighted by atomic mass is 10.2. The number of nitrogens with zero attached hydrogens (tertiary/aromatic N) is 2. The fraction of sp³-hybridized carbons (Fsp3) is 0.118. The standard InChI is InChI=1S/C17H16N4O2/c18-21-15(20-14-9-5-4-8-13(14)17(21)23)10-16(22)19-11-12-6-2-1-3-7-12/h1-9H,10-11,18H2,(H,19,22). The maximum absolute atomic E-state index is 12.2. The van der Waals surface area contributed by atoms with Crippen LogP contribution in [-0.4, -0.2) is 15.6 Å². The molecular weight excluding hydrogens is 292 g/mol. The maximum atomic E-state index is 12.2. The molecular formula is C17H16N4O2. The van der Waals surface area contributed by atoms with Crippen molar-refractivity contribution in [1.29, 1.82) is 0 Å². The van der Waals surface area contributed by atoms with Gasteiger partial charge in [0.2, 0.25) is 5.91 Å². The van der Waals surface area contributed by atoms with Crippen molar-refractivity contribution in [3.8, 4) is 0 Å². The largest absolute Gasteiger partial charge is 0.352 e. The predicted molar refractivity (Wildman–Crippen MR) is 88.1 cm³/mol. The first-order valence-corrected chi connectivity index (χ1v) is 7.21. The first-order chi connectivity index (χ1) is 11.1. The van der Waals surface area contributed by atoms with Crippen LogP contribution in [0.3, 0.4) is 0 Å². The van der Waals surface area contributed by atoms with Gasteiger partial charge in [-0.2, -0.15) is 0 Å². The third-order valence-electron chi connectivity index (χ3n) is 3.53. The third-order valence-corrected chi connectivity index (χ3v) is 3.53. The van der Waals surface area contributed by atoms with Gasteiger partial charge >= 0.3 is 0 Å². The molecule has 1 amide bonds. The second-order valence-electron chi connectivity index (χ2n) is 5.16. The Bertz CT molecular complexity index is 903. The van der Waals surface area contributed by atoms with E-state index in [1.165, 1.54) is 0 Å². The van der Waals surface area contributed by atoms with Crippen molar-refractivity contribution in [2.75, 3.05) is 5.84 Å². The second kappa shape index (κ2) is 6.31. The van der Waals surface area contributed by atoms with Gasteiger partial charge < -0.3 is 11.2 Å².